The molecule has 0 aromatic heterocycles. The molecule has 0 saturated heterocycles. The van der Waals surface area contributed by atoms with Crippen LogP contribution in [0, 0.1) is 5.92 Å². The van der Waals surface area contributed by atoms with E-state index in [1.165, 1.54) is 14.2 Å². The average molecular weight is 279 g/mol. The average Bonchev–Trinajstić information content (AvgIpc) is 2.85. The summed E-state index contributed by atoms with van der Waals surface area (Å²) in [5, 5.41) is -0.838. The van der Waals surface area contributed by atoms with Crippen LogP contribution in [0.2, 0.25) is 0 Å². The topological polar surface area (TPSA) is 98.8 Å². The monoisotopic (exact) mass is 279 g/mol. The molecule has 1 saturated carbocycles. The molecule has 0 aromatic rings. The number of hydrogen-bond acceptors (Lipinski definition) is 6. The molecule has 1 rings (SSSR count). The number of carbonyl (C=O) groups is 2. The molecule has 1 fully saturated rings. The van der Waals surface area contributed by atoms with E-state index in [1.54, 1.807) is 0 Å². The molecule has 0 radical (unpaired) electrons. The van der Waals surface area contributed by atoms with Crippen molar-refractivity contribution >= 4 is 22.0 Å². The highest BCUT2D eigenvalue weighted by Crippen LogP contribution is 2.31. The second-order valence-corrected chi connectivity index (χ2v) is 6.03. The molecule has 104 valence electrons. The summed E-state index contributed by atoms with van der Waals surface area (Å²) in [6, 6.07) is 0. The highest BCUT2D eigenvalue weighted by atomic mass is 32.2. The first kappa shape index (κ1) is 14.9. The van der Waals surface area contributed by atoms with Crippen LogP contribution in [0.25, 0.3) is 0 Å². The van der Waals surface area contributed by atoms with E-state index < -0.39 is 39.7 Å². The summed E-state index contributed by atoms with van der Waals surface area (Å²) in [6.45, 7) is -0.427. The second kappa shape index (κ2) is 6.14. The minimum absolute atomic E-state index is 0.385. The van der Waals surface area contributed by atoms with Crippen molar-refractivity contribution in [2.24, 2.45) is 5.92 Å². The molecule has 2 unspecified atom stereocenters. The summed E-state index contributed by atoms with van der Waals surface area (Å²) in [5.41, 5.74) is 0. The Balaban J connectivity index is 2.71. The largest absolute Gasteiger partial charge is 0.469 e. The van der Waals surface area contributed by atoms with Gasteiger partial charge in [-0.25, -0.2) is 13.1 Å². The quantitative estimate of drug-likeness (QED) is 0.676. The van der Waals surface area contributed by atoms with Crippen LogP contribution in [-0.2, 0) is 29.1 Å². The van der Waals surface area contributed by atoms with Gasteiger partial charge < -0.3 is 9.47 Å². The molecule has 7 nitrogen and oxygen atoms in total. The molecule has 0 spiro atoms. The molecule has 0 bridgehead atoms. The SMILES string of the molecule is COC(=O)CNS(=O)(=O)C1CCCC1C(=O)OC. The van der Waals surface area contributed by atoms with Gasteiger partial charge in [-0.15, -0.1) is 0 Å². The number of sulfonamides is 1. The van der Waals surface area contributed by atoms with Gasteiger partial charge in [0.1, 0.15) is 6.54 Å². The first-order valence-electron chi connectivity index (χ1n) is 5.55. The molecule has 0 aromatic carbocycles. The van der Waals surface area contributed by atoms with Gasteiger partial charge >= 0.3 is 11.9 Å². The fourth-order valence-corrected chi connectivity index (χ4v) is 3.75. The van der Waals surface area contributed by atoms with E-state index in [2.05, 4.69) is 14.2 Å². The Morgan fingerprint density at radius 1 is 1.22 bits per heavy atom. The summed E-state index contributed by atoms with van der Waals surface area (Å²) >= 11 is 0. The zero-order valence-electron chi connectivity index (χ0n) is 10.3. The summed E-state index contributed by atoms with van der Waals surface area (Å²) in [5.74, 6) is -1.86. The van der Waals surface area contributed by atoms with Crippen LogP contribution in [0.1, 0.15) is 19.3 Å². The van der Waals surface area contributed by atoms with Gasteiger partial charge in [-0.2, -0.15) is 0 Å². The van der Waals surface area contributed by atoms with Gasteiger partial charge in [0.05, 0.1) is 25.4 Å². The van der Waals surface area contributed by atoms with Gasteiger partial charge in [-0.05, 0) is 12.8 Å². The molecular weight excluding hydrogens is 262 g/mol. The van der Waals surface area contributed by atoms with Gasteiger partial charge in [-0.1, -0.05) is 6.42 Å². The Kier molecular flexibility index (Phi) is 5.09. The molecule has 1 aliphatic rings. The van der Waals surface area contributed by atoms with Gasteiger partial charge in [0, 0.05) is 0 Å². The normalized spacial score (nSPS) is 23.7. The molecule has 1 aliphatic carbocycles. The van der Waals surface area contributed by atoms with Gasteiger partial charge in [0.15, 0.2) is 0 Å². The second-order valence-electron chi connectivity index (χ2n) is 4.04. The Morgan fingerprint density at radius 3 is 2.44 bits per heavy atom. The van der Waals surface area contributed by atoms with Crippen molar-refractivity contribution in [1.82, 2.24) is 4.72 Å². The van der Waals surface area contributed by atoms with Crippen LogP contribution in [0.3, 0.4) is 0 Å². The van der Waals surface area contributed by atoms with E-state index in [1.807, 2.05) is 0 Å². The lowest BCUT2D eigenvalue weighted by Crippen LogP contribution is -2.41. The molecule has 8 heteroatoms. The maximum absolute atomic E-state index is 12.0. The fraction of sp³-hybridized carbons (Fsp3) is 0.800. The molecule has 18 heavy (non-hydrogen) atoms. The van der Waals surface area contributed by atoms with E-state index in [-0.39, 0.29) is 0 Å². The van der Waals surface area contributed by atoms with E-state index >= 15 is 0 Å². The van der Waals surface area contributed by atoms with E-state index in [0.717, 1.165) is 0 Å². The number of methoxy groups -OCH3 is 2. The van der Waals surface area contributed by atoms with Crippen molar-refractivity contribution < 1.29 is 27.5 Å². The van der Waals surface area contributed by atoms with Crippen molar-refractivity contribution in [3.05, 3.63) is 0 Å². The molecular formula is C10H17NO6S. The first-order valence-corrected chi connectivity index (χ1v) is 7.10. The standard InChI is InChI=1S/C10H17NO6S/c1-16-9(12)6-11-18(14,15)8-5-3-4-7(8)10(13)17-2/h7-8,11H,3-6H2,1-2H3. The van der Waals surface area contributed by atoms with E-state index in [0.29, 0.717) is 19.3 Å². The molecule has 0 amide bonds. The van der Waals surface area contributed by atoms with Crippen molar-refractivity contribution in [3.8, 4) is 0 Å². The predicted octanol–water partition coefficient (Wildman–Crippen LogP) is -0.579. The van der Waals surface area contributed by atoms with Crippen molar-refractivity contribution in [2.75, 3.05) is 20.8 Å². The van der Waals surface area contributed by atoms with Crippen LogP contribution in [0.15, 0.2) is 0 Å². The molecule has 2 atom stereocenters. The van der Waals surface area contributed by atoms with Crippen molar-refractivity contribution in [3.63, 3.8) is 0 Å². The van der Waals surface area contributed by atoms with Crippen LogP contribution in [0.5, 0.6) is 0 Å². The summed E-state index contributed by atoms with van der Waals surface area (Å²) in [4.78, 5) is 22.4. The Labute approximate surface area is 106 Å². The van der Waals surface area contributed by atoms with Crippen molar-refractivity contribution in [1.29, 1.82) is 0 Å². The summed E-state index contributed by atoms with van der Waals surface area (Å²) < 4.78 is 35.0. The number of esters is 2. The minimum Gasteiger partial charge on any atom is -0.469 e. The van der Waals surface area contributed by atoms with Crippen LogP contribution in [0.4, 0.5) is 0 Å². The maximum atomic E-state index is 12.0. The summed E-state index contributed by atoms with van der Waals surface area (Å²) in [6.07, 6.45) is 1.51. The van der Waals surface area contributed by atoms with Crippen LogP contribution < -0.4 is 4.72 Å². The van der Waals surface area contributed by atoms with Gasteiger partial charge in [-0.3, -0.25) is 9.59 Å². The molecule has 0 heterocycles. The van der Waals surface area contributed by atoms with Crippen LogP contribution >= 0.6 is 0 Å². The first-order chi connectivity index (χ1) is 8.42. The third-order valence-electron chi connectivity index (χ3n) is 3.00. The third-order valence-corrected chi connectivity index (χ3v) is 4.91. The van der Waals surface area contributed by atoms with E-state index in [9.17, 15) is 18.0 Å². The van der Waals surface area contributed by atoms with Crippen molar-refractivity contribution in [2.45, 2.75) is 24.5 Å². The number of carbonyl (C=O) groups excluding carboxylic acids is 2. The number of nitrogens with one attached hydrogen (secondary N) is 1. The van der Waals surface area contributed by atoms with Crippen LogP contribution in [-0.4, -0.2) is 46.4 Å². The summed E-state index contributed by atoms with van der Waals surface area (Å²) in [7, 11) is -1.32. The maximum Gasteiger partial charge on any atom is 0.320 e. The Morgan fingerprint density at radius 2 is 1.89 bits per heavy atom. The zero-order chi connectivity index (χ0) is 13.8. The highest BCUT2D eigenvalue weighted by molar-refractivity contribution is 7.90. The lowest BCUT2D eigenvalue weighted by atomic mass is 10.1. The highest BCUT2D eigenvalue weighted by Gasteiger charge is 2.42. The minimum atomic E-state index is -3.72. The molecule has 1 N–H and O–H groups in total. The lowest BCUT2D eigenvalue weighted by molar-refractivity contribution is -0.145. The zero-order valence-corrected chi connectivity index (χ0v) is 11.2. The number of ether oxygens (including phenoxy) is 2. The molecule has 0 aliphatic heterocycles. The predicted molar refractivity (Wildman–Crippen MR) is 62.1 cm³/mol. The lowest BCUT2D eigenvalue weighted by Gasteiger charge is -2.18. The Hall–Kier alpha value is -1.15. The van der Waals surface area contributed by atoms with Gasteiger partial charge in [0.2, 0.25) is 10.0 Å². The van der Waals surface area contributed by atoms with E-state index in [4.69, 9.17) is 0 Å². The Bertz CT molecular complexity index is 418. The third kappa shape index (κ3) is 3.42. The smallest absolute Gasteiger partial charge is 0.320 e. The number of hydrogen-bond donors (Lipinski definition) is 1. The fourth-order valence-electron chi connectivity index (χ4n) is 2.06. The number of rotatable bonds is 5. The van der Waals surface area contributed by atoms with Gasteiger partial charge in [0.25, 0.3) is 0 Å².